The minimum absolute atomic E-state index is 0.163. The van der Waals surface area contributed by atoms with Crippen LogP contribution in [-0.2, 0) is 17.8 Å². The van der Waals surface area contributed by atoms with Gasteiger partial charge >= 0.3 is 0 Å². The fourth-order valence-electron chi connectivity index (χ4n) is 4.27. The van der Waals surface area contributed by atoms with Gasteiger partial charge in [-0.25, -0.2) is 9.37 Å². The number of carbonyl (C=O) groups excluding carboxylic acids is 1. The molecule has 0 radical (unpaired) electrons. The van der Waals surface area contributed by atoms with Crippen molar-refractivity contribution in [1.82, 2.24) is 14.5 Å². The van der Waals surface area contributed by atoms with Crippen molar-refractivity contribution in [2.45, 2.75) is 13.0 Å². The number of halogens is 1. The standard InChI is InChI=1S/C26H25FN4O/c27-22-12-10-21(11-13-22)19-31-24-9-5-4-8-23(24)28-26(31)30-16-14-29(15-17-30)25(32)18-20-6-2-1-3-7-20/h1-13H,14-19H2. The van der Waals surface area contributed by atoms with E-state index >= 15 is 0 Å². The van der Waals surface area contributed by atoms with Crippen LogP contribution in [-0.4, -0.2) is 46.5 Å². The third-order valence-corrected chi connectivity index (χ3v) is 6.00. The van der Waals surface area contributed by atoms with Crippen molar-refractivity contribution < 1.29 is 9.18 Å². The molecule has 0 aliphatic carbocycles. The summed E-state index contributed by atoms with van der Waals surface area (Å²) >= 11 is 0. The maximum atomic E-state index is 13.4. The highest BCUT2D eigenvalue weighted by Gasteiger charge is 2.25. The van der Waals surface area contributed by atoms with Crippen molar-refractivity contribution in [2.75, 3.05) is 31.1 Å². The van der Waals surface area contributed by atoms with E-state index in [2.05, 4.69) is 15.5 Å². The van der Waals surface area contributed by atoms with Gasteiger partial charge < -0.3 is 14.4 Å². The average Bonchev–Trinajstić information content (AvgIpc) is 3.19. The number of hydrogen-bond donors (Lipinski definition) is 0. The first-order chi connectivity index (χ1) is 15.7. The lowest BCUT2D eigenvalue weighted by Crippen LogP contribution is -2.50. The number of piperazine rings is 1. The third kappa shape index (κ3) is 4.21. The summed E-state index contributed by atoms with van der Waals surface area (Å²) < 4.78 is 15.6. The Morgan fingerprint density at radius 2 is 1.50 bits per heavy atom. The number of rotatable bonds is 5. The number of carbonyl (C=O) groups is 1. The molecule has 1 aliphatic rings. The molecule has 1 aromatic heterocycles. The molecule has 32 heavy (non-hydrogen) atoms. The smallest absolute Gasteiger partial charge is 0.227 e. The van der Waals surface area contributed by atoms with E-state index in [0.717, 1.165) is 41.2 Å². The molecule has 0 spiro atoms. The zero-order valence-corrected chi connectivity index (χ0v) is 17.8. The molecule has 0 N–H and O–H groups in total. The molecule has 3 aromatic carbocycles. The Balaban J connectivity index is 1.34. The Morgan fingerprint density at radius 3 is 2.25 bits per heavy atom. The zero-order chi connectivity index (χ0) is 21.9. The lowest BCUT2D eigenvalue weighted by molar-refractivity contribution is -0.130. The van der Waals surface area contributed by atoms with E-state index < -0.39 is 0 Å². The van der Waals surface area contributed by atoms with Gasteiger partial charge in [-0.3, -0.25) is 4.79 Å². The van der Waals surface area contributed by atoms with Crippen molar-refractivity contribution in [3.05, 3.63) is 95.8 Å². The number of hydrogen-bond acceptors (Lipinski definition) is 3. The van der Waals surface area contributed by atoms with E-state index in [1.54, 1.807) is 0 Å². The second-order valence-corrected chi connectivity index (χ2v) is 8.14. The van der Waals surface area contributed by atoms with Crippen LogP contribution in [0.25, 0.3) is 11.0 Å². The highest BCUT2D eigenvalue weighted by atomic mass is 19.1. The van der Waals surface area contributed by atoms with Crippen LogP contribution in [0.4, 0.5) is 10.3 Å². The van der Waals surface area contributed by atoms with Crippen LogP contribution < -0.4 is 4.90 Å². The van der Waals surface area contributed by atoms with E-state index in [-0.39, 0.29) is 11.7 Å². The molecule has 0 saturated carbocycles. The van der Waals surface area contributed by atoms with Gasteiger partial charge in [0.15, 0.2) is 0 Å². The number of fused-ring (bicyclic) bond motifs is 1. The predicted octanol–water partition coefficient (Wildman–Crippen LogP) is 4.12. The summed E-state index contributed by atoms with van der Waals surface area (Å²) in [6.07, 6.45) is 0.434. The molecule has 1 aliphatic heterocycles. The molecule has 0 unspecified atom stereocenters. The van der Waals surface area contributed by atoms with E-state index in [9.17, 15) is 9.18 Å². The maximum absolute atomic E-state index is 13.4. The molecular formula is C26H25FN4O. The quantitative estimate of drug-likeness (QED) is 0.480. The van der Waals surface area contributed by atoms with Crippen molar-refractivity contribution in [1.29, 1.82) is 0 Å². The summed E-state index contributed by atoms with van der Waals surface area (Å²) in [5, 5.41) is 0. The maximum Gasteiger partial charge on any atom is 0.227 e. The molecule has 2 heterocycles. The number of amides is 1. The summed E-state index contributed by atoms with van der Waals surface area (Å²) in [6.45, 7) is 3.42. The van der Waals surface area contributed by atoms with Gasteiger partial charge in [-0.05, 0) is 35.4 Å². The van der Waals surface area contributed by atoms with Crippen molar-refractivity contribution in [3.63, 3.8) is 0 Å². The molecule has 5 nitrogen and oxygen atoms in total. The first-order valence-corrected chi connectivity index (χ1v) is 10.9. The summed E-state index contributed by atoms with van der Waals surface area (Å²) in [6, 6.07) is 24.6. The van der Waals surface area contributed by atoms with E-state index in [1.807, 2.05) is 65.6 Å². The van der Waals surface area contributed by atoms with E-state index in [1.165, 1.54) is 12.1 Å². The predicted molar refractivity (Wildman–Crippen MR) is 124 cm³/mol. The topological polar surface area (TPSA) is 41.4 Å². The average molecular weight is 429 g/mol. The molecular weight excluding hydrogens is 403 g/mol. The largest absolute Gasteiger partial charge is 0.339 e. The van der Waals surface area contributed by atoms with Gasteiger partial charge in [0.2, 0.25) is 11.9 Å². The first kappa shape index (κ1) is 20.2. The van der Waals surface area contributed by atoms with Gasteiger partial charge in [-0.15, -0.1) is 0 Å². The van der Waals surface area contributed by atoms with Crippen LogP contribution >= 0.6 is 0 Å². The highest BCUT2D eigenvalue weighted by Crippen LogP contribution is 2.25. The molecule has 5 rings (SSSR count). The number of nitrogens with zero attached hydrogens (tertiary/aromatic N) is 4. The van der Waals surface area contributed by atoms with Gasteiger partial charge in [0, 0.05) is 26.2 Å². The first-order valence-electron chi connectivity index (χ1n) is 10.9. The van der Waals surface area contributed by atoms with Gasteiger partial charge in [0.1, 0.15) is 5.82 Å². The number of imidazole rings is 1. The molecule has 0 bridgehead atoms. The number of benzene rings is 3. The highest BCUT2D eigenvalue weighted by molar-refractivity contribution is 5.80. The summed E-state index contributed by atoms with van der Waals surface area (Å²) in [5.41, 5.74) is 4.05. The molecule has 4 aromatic rings. The van der Waals surface area contributed by atoms with Crippen molar-refractivity contribution in [3.8, 4) is 0 Å². The lowest BCUT2D eigenvalue weighted by Gasteiger charge is -2.35. The zero-order valence-electron chi connectivity index (χ0n) is 17.8. The Bertz CT molecular complexity index is 1210. The van der Waals surface area contributed by atoms with Gasteiger partial charge in [0.05, 0.1) is 24.0 Å². The lowest BCUT2D eigenvalue weighted by atomic mass is 10.1. The van der Waals surface area contributed by atoms with Gasteiger partial charge in [-0.2, -0.15) is 0 Å². The number of anilines is 1. The molecule has 0 atom stereocenters. The molecule has 6 heteroatoms. The van der Waals surface area contributed by atoms with Crippen LogP contribution in [0.15, 0.2) is 78.9 Å². The van der Waals surface area contributed by atoms with Crippen molar-refractivity contribution >= 4 is 22.9 Å². The van der Waals surface area contributed by atoms with Gasteiger partial charge in [-0.1, -0.05) is 54.6 Å². The second kappa shape index (κ2) is 8.83. The van der Waals surface area contributed by atoms with Gasteiger partial charge in [0.25, 0.3) is 0 Å². The number of para-hydroxylation sites is 2. The Kier molecular flexibility index (Phi) is 5.58. The summed E-state index contributed by atoms with van der Waals surface area (Å²) in [7, 11) is 0. The normalized spacial score (nSPS) is 14.2. The SMILES string of the molecule is O=C(Cc1ccccc1)N1CCN(c2nc3ccccc3n2Cc2ccc(F)cc2)CC1. The summed E-state index contributed by atoms with van der Waals surface area (Å²) in [5.74, 6) is 0.821. The molecule has 162 valence electrons. The van der Waals surface area contributed by atoms with Crippen LogP contribution in [0, 0.1) is 5.82 Å². The Labute approximate surface area is 186 Å². The van der Waals surface area contributed by atoms with Crippen LogP contribution in [0.2, 0.25) is 0 Å². The van der Waals surface area contributed by atoms with E-state index in [4.69, 9.17) is 4.98 Å². The molecule has 1 amide bonds. The fourth-order valence-corrected chi connectivity index (χ4v) is 4.27. The Morgan fingerprint density at radius 1 is 0.812 bits per heavy atom. The number of aromatic nitrogens is 2. The van der Waals surface area contributed by atoms with Crippen LogP contribution in [0.5, 0.6) is 0 Å². The molecule has 1 fully saturated rings. The minimum atomic E-state index is -0.235. The van der Waals surface area contributed by atoms with Crippen LogP contribution in [0.1, 0.15) is 11.1 Å². The minimum Gasteiger partial charge on any atom is -0.339 e. The van der Waals surface area contributed by atoms with Crippen molar-refractivity contribution in [2.24, 2.45) is 0 Å². The second-order valence-electron chi connectivity index (χ2n) is 8.14. The van der Waals surface area contributed by atoms with Crippen LogP contribution in [0.3, 0.4) is 0 Å². The monoisotopic (exact) mass is 428 g/mol. The third-order valence-electron chi connectivity index (χ3n) is 6.00. The fraction of sp³-hybridized carbons (Fsp3) is 0.231. The molecule has 1 saturated heterocycles. The Hall–Kier alpha value is -3.67. The summed E-state index contributed by atoms with van der Waals surface area (Å²) in [4.78, 5) is 21.8. The van der Waals surface area contributed by atoms with E-state index in [0.29, 0.717) is 26.1 Å².